The fourth-order valence-electron chi connectivity index (χ4n) is 1.40. The van der Waals surface area contributed by atoms with Crippen LogP contribution in [0.4, 0.5) is 4.39 Å². The van der Waals surface area contributed by atoms with E-state index in [-0.39, 0.29) is 11.4 Å². The van der Waals surface area contributed by atoms with Crippen LogP contribution in [0, 0.1) is 5.82 Å². The third kappa shape index (κ3) is 4.03. The first-order valence-corrected chi connectivity index (χ1v) is 5.68. The van der Waals surface area contributed by atoms with Crippen molar-refractivity contribution in [3.05, 3.63) is 35.1 Å². The highest BCUT2D eigenvalue weighted by atomic mass is 19.1. The van der Waals surface area contributed by atoms with Crippen LogP contribution in [0.5, 0.6) is 0 Å². The van der Waals surface area contributed by atoms with Crippen molar-refractivity contribution in [2.75, 3.05) is 7.05 Å². The molecule has 1 aromatic rings. The molecule has 0 aliphatic heterocycles. The van der Waals surface area contributed by atoms with Crippen molar-refractivity contribution in [2.45, 2.75) is 26.4 Å². The molecule has 2 N–H and O–H groups in total. The van der Waals surface area contributed by atoms with Gasteiger partial charge in [-0.25, -0.2) is 9.18 Å². The molecular formula is C13H17FN2O3. The number of nitrogens with zero attached hydrogens (tertiary/aromatic N) is 1. The van der Waals surface area contributed by atoms with Crippen LogP contribution < -0.4 is 5.48 Å². The van der Waals surface area contributed by atoms with Crippen LogP contribution in [0.25, 0.3) is 0 Å². The zero-order valence-corrected chi connectivity index (χ0v) is 11.3. The highest BCUT2D eigenvalue weighted by Gasteiger charge is 2.21. The van der Waals surface area contributed by atoms with Gasteiger partial charge in [-0.05, 0) is 32.9 Å². The molecule has 0 atom stereocenters. The zero-order valence-electron chi connectivity index (χ0n) is 11.3. The average molecular weight is 268 g/mol. The van der Waals surface area contributed by atoms with Crippen LogP contribution in [0.1, 0.15) is 36.7 Å². The predicted octanol–water partition coefficient (Wildman–Crippen LogP) is 2.14. The SMILES string of the molecule is CN=C(NO)c1ccc(C(=O)OC(C)(C)C)c(F)c1. The number of benzene rings is 1. The summed E-state index contributed by atoms with van der Waals surface area (Å²) in [5.74, 6) is -1.36. The van der Waals surface area contributed by atoms with Crippen molar-refractivity contribution < 1.29 is 19.1 Å². The monoisotopic (exact) mass is 268 g/mol. The smallest absolute Gasteiger partial charge is 0.341 e. The number of ether oxygens (including phenoxy) is 1. The number of hydrogen-bond acceptors (Lipinski definition) is 4. The lowest BCUT2D eigenvalue weighted by Crippen LogP contribution is -2.25. The number of esters is 1. The molecule has 6 heteroatoms. The Balaban J connectivity index is 3.04. The van der Waals surface area contributed by atoms with Gasteiger partial charge in [0.2, 0.25) is 0 Å². The van der Waals surface area contributed by atoms with Crippen molar-refractivity contribution in [3.63, 3.8) is 0 Å². The largest absolute Gasteiger partial charge is 0.456 e. The Labute approximate surface area is 111 Å². The summed E-state index contributed by atoms with van der Waals surface area (Å²) in [5, 5.41) is 8.81. The van der Waals surface area contributed by atoms with Crippen molar-refractivity contribution in [3.8, 4) is 0 Å². The zero-order chi connectivity index (χ0) is 14.6. The van der Waals surface area contributed by atoms with E-state index in [0.717, 1.165) is 6.07 Å². The van der Waals surface area contributed by atoms with Crippen LogP contribution in [0.15, 0.2) is 23.2 Å². The van der Waals surface area contributed by atoms with Crippen molar-refractivity contribution in [1.82, 2.24) is 5.48 Å². The van der Waals surface area contributed by atoms with Crippen molar-refractivity contribution in [2.24, 2.45) is 4.99 Å². The van der Waals surface area contributed by atoms with Crippen LogP contribution in [-0.4, -0.2) is 29.7 Å². The van der Waals surface area contributed by atoms with Crippen LogP contribution in [0.2, 0.25) is 0 Å². The van der Waals surface area contributed by atoms with Gasteiger partial charge in [0.05, 0.1) is 5.56 Å². The van der Waals surface area contributed by atoms with Crippen LogP contribution >= 0.6 is 0 Å². The molecule has 19 heavy (non-hydrogen) atoms. The number of aliphatic imine (C=N–C) groups is 1. The summed E-state index contributed by atoms with van der Waals surface area (Å²) in [6.07, 6.45) is 0. The van der Waals surface area contributed by atoms with Gasteiger partial charge >= 0.3 is 5.97 Å². The topological polar surface area (TPSA) is 70.9 Å². The number of carbonyl (C=O) groups is 1. The fourth-order valence-corrected chi connectivity index (χ4v) is 1.40. The molecule has 0 saturated heterocycles. The lowest BCUT2D eigenvalue weighted by molar-refractivity contribution is 0.00647. The maximum Gasteiger partial charge on any atom is 0.341 e. The lowest BCUT2D eigenvalue weighted by atomic mass is 10.1. The van der Waals surface area contributed by atoms with E-state index in [1.165, 1.54) is 19.2 Å². The highest BCUT2D eigenvalue weighted by Crippen LogP contribution is 2.16. The normalized spacial score (nSPS) is 12.2. The summed E-state index contributed by atoms with van der Waals surface area (Å²) in [6.45, 7) is 5.11. The second-order valence-corrected chi connectivity index (χ2v) is 4.88. The Morgan fingerprint density at radius 3 is 2.47 bits per heavy atom. The quantitative estimate of drug-likeness (QED) is 0.373. The number of carbonyl (C=O) groups excluding carboxylic acids is 1. The molecule has 104 valence electrons. The number of nitrogens with one attached hydrogen (secondary N) is 1. The molecule has 0 spiro atoms. The second-order valence-electron chi connectivity index (χ2n) is 4.88. The van der Waals surface area contributed by atoms with E-state index in [2.05, 4.69) is 4.99 Å². The molecule has 1 rings (SSSR count). The molecule has 0 aliphatic carbocycles. The lowest BCUT2D eigenvalue weighted by Gasteiger charge is -2.19. The molecule has 0 fully saturated rings. The molecular weight excluding hydrogens is 251 g/mol. The van der Waals surface area contributed by atoms with Crippen LogP contribution in [-0.2, 0) is 4.74 Å². The Morgan fingerprint density at radius 1 is 1.42 bits per heavy atom. The maximum atomic E-state index is 13.8. The molecule has 0 amide bonds. The molecule has 1 aromatic carbocycles. The first kappa shape index (κ1) is 15.1. The maximum absolute atomic E-state index is 13.8. The van der Waals surface area contributed by atoms with E-state index in [1.807, 2.05) is 5.48 Å². The predicted molar refractivity (Wildman–Crippen MR) is 69.0 cm³/mol. The first-order valence-electron chi connectivity index (χ1n) is 5.68. The third-order valence-corrected chi connectivity index (χ3v) is 2.19. The molecule has 0 radical (unpaired) electrons. The van der Waals surface area contributed by atoms with Crippen LogP contribution in [0.3, 0.4) is 0 Å². The van der Waals surface area contributed by atoms with E-state index in [1.54, 1.807) is 20.8 Å². The highest BCUT2D eigenvalue weighted by molar-refractivity contribution is 5.99. The fraction of sp³-hybridized carbons (Fsp3) is 0.385. The van der Waals surface area contributed by atoms with Gasteiger partial charge in [-0.15, -0.1) is 0 Å². The first-order chi connectivity index (χ1) is 8.78. The van der Waals surface area contributed by atoms with Gasteiger partial charge in [0, 0.05) is 12.6 Å². The summed E-state index contributed by atoms with van der Waals surface area (Å²) < 4.78 is 18.9. The van der Waals surface area contributed by atoms with E-state index < -0.39 is 17.4 Å². The molecule has 0 unspecified atom stereocenters. The minimum absolute atomic E-state index is 0.106. The number of hydrogen-bond donors (Lipinski definition) is 2. The van der Waals surface area contributed by atoms with Gasteiger partial charge < -0.3 is 4.74 Å². The average Bonchev–Trinajstić information content (AvgIpc) is 2.28. The van der Waals surface area contributed by atoms with E-state index in [0.29, 0.717) is 5.56 Å². The van der Waals surface area contributed by atoms with Gasteiger partial charge in [-0.2, -0.15) is 0 Å². The minimum atomic E-state index is -0.733. The molecule has 0 heterocycles. The Kier molecular flexibility index (Phi) is 4.61. The van der Waals surface area contributed by atoms with Gasteiger partial charge in [0.15, 0.2) is 5.84 Å². The molecule has 0 saturated carbocycles. The number of rotatable bonds is 2. The van der Waals surface area contributed by atoms with Gasteiger partial charge in [0.1, 0.15) is 11.4 Å². The minimum Gasteiger partial charge on any atom is -0.456 e. The summed E-state index contributed by atoms with van der Waals surface area (Å²) in [6, 6.07) is 3.86. The van der Waals surface area contributed by atoms with Gasteiger partial charge in [0.25, 0.3) is 0 Å². The Morgan fingerprint density at radius 2 is 2.05 bits per heavy atom. The van der Waals surface area contributed by atoms with Gasteiger partial charge in [-0.3, -0.25) is 15.7 Å². The van der Waals surface area contributed by atoms with E-state index in [4.69, 9.17) is 9.94 Å². The molecule has 0 aromatic heterocycles. The summed E-state index contributed by atoms with van der Waals surface area (Å²) >= 11 is 0. The van der Waals surface area contributed by atoms with Gasteiger partial charge in [-0.1, -0.05) is 6.07 Å². The Hall–Kier alpha value is -1.95. The van der Waals surface area contributed by atoms with Crippen molar-refractivity contribution in [1.29, 1.82) is 0 Å². The summed E-state index contributed by atoms with van der Waals surface area (Å²) in [4.78, 5) is 15.5. The molecule has 0 aliphatic rings. The standard InChI is InChI=1S/C13H17FN2O3/c1-13(2,3)19-12(17)9-6-5-8(7-10(9)14)11(15-4)16-18/h5-7,18H,1-4H3,(H,15,16). The molecule has 5 nitrogen and oxygen atoms in total. The number of amidine groups is 1. The number of halogens is 1. The summed E-state index contributed by atoms with van der Waals surface area (Å²) in [7, 11) is 1.44. The van der Waals surface area contributed by atoms with E-state index in [9.17, 15) is 9.18 Å². The second kappa shape index (κ2) is 5.79. The Bertz CT molecular complexity index is 507. The number of hydroxylamine groups is 1. The van der Waals surface area contributed by atoms with Crippen molar-refractivity contribution >= 4 is 11.8 Å². The van der Waals surface area contributed by atoms with E-state index >= 15 is 0 Å². The third-order valence-electron chi connectivity index (χ3n) is 2.19. The molecule has 0 bridgehead atoms. The summed E-state index contributed by atoms with van der Waals surface area (Å²) in [5.41, 5.74) is 1.33.